The summed E-state index contributed by atoms with van der Waals surface area (Å²) >= 11 is 0. The summed E-state index contributed by atoms with van der Waals surface area (Å²) in [6.45, 7) is 5.80. The fourth-order valence-corrected chi connectivity index (χ4v) is 2.45. The molecule has 0 bridgehead atoms. The second-order valence-electron chi connectivity index (χ2n) is 5.51. The summed E-state index contributed by atoms with van der Waals surface area (Å²) in [5, 5.41) is 14.2. The Bertz CT molecular complexity index is 304. The Morgan fingerprint density at radius 2 is 1.90 bits per heavy atom. The number of carbonyl (C=O) groups excluding carboxylic acids is 1. The Kier molecular flexibility index (Phi) is 8.02. The predicted octanol–water partition coefficient (Wildman–Crippen LogP) is 1.41. The highest BCUT2D eigenvalue weighted by atomic mass is 16.4. The van der Waals surface area contributed by atoms with Gasteiger partial charge in [0.1, 0.15) is 0 Å². The zero-order valence-corrected chi connectivity index (χ0v) is 12.4. The first-order valence-corrected chi connectivity index (χ1v) is 7.56. The number of urea groups is 1. The van der Waals surface area contributed by atoms with Gasteiger partial charge in [-0.1, -0.05) is 6.42 Å². The maximum absolute atomic E-state index is 11.6. The number of carboxylic acids is 1. The zero-order chi connectivity index (χ0) is 14.8. The van der Waals surface area contributed by atoms with Crippen LogP contribution in [0.15, 0.2) is 0 Å². The number of rotatable bonds is 9. The molecular weight excluding hydrogens is 258 g/mol. The fourth-order valence-electron chi connectivity index (χ4n) is 2.45. The van der Waals surface area contributed by atoms with Crippen LogP contribution in [0.5, 0.6) is 0 Å². The highest BCUT2D eigenvalue weighted by Gasteiger charge is 2.15. The van der Waals surface area contributed by atoms with Gasteiger partial charge < -0.3 is 20.6 Å². The Labute approximate surface area is 120 Å². The molecule has 0 saturated carbocycles. The predicted molar refractivity (Wildman–Crippen MR) is 77.8 cm³/mol. The Morgan fingerprint density at radius 1 is 1.20 bits per heavy atom. The van der Waals surface area contributed by atoms with E-state index in [1.54, 1.807) is 0 Å². The molecule has 1 aliphatic rings. The SMILES string of the molecule is CC(CN1CCCC1)NC(=O)NCCCCCC(=O)O. The summed E-state index contributed by atoms with van der Waals surface area (Å²) in [5.74, 6) is -0.758. The number of amides is 2. The van der Waals surface area contributed by atoms with Gasteiger partial charge in [0, 0.05) is 25.6 Å². The van der Waals surface area contributed by atoms with Gasteiger partial charge in [-0.25, -0.2) is 4.79 Å². The number of aliphatic carboxylic acids is 1. The summed E-state index contributed by atoms with van der Waals surface area (Å²) in [5.41, 5.74) is 0. The Balaban J connectivity index is 1.97. The lowest BCUT2D eigenvalue weighted by Gasteiger charge is -2.21. The van der Waals surface area contributed by atoms with Gasteiger partial charge >= 0.3 is 12.0 Å². The second kappa shape index (κ2) is 9.58. The minimum atomic E-state index is -0.758. The molecule has 1 rings (SSSR count). The van der Waals surface area contributed by atoms with Crippen molar-refractivity contribution in [2.75, 3.05) is 26.2 Å². The number of hydrogen-bond donors (Lipinski definition) is 3. The molecule has 1 heterocycles. The summed E-state index contributed by atoms with van der Waals surface area (Å²) in [7, 11) is 0. The number of nitrogens with one attached hydrogen (secondary N) is 2. The van der Waals surface area contributed by atoms with Crippen molar-refractivity contribution in [3.63, 3.8) is 0 Å². The van der Waals surface area contributed by atoms with Crippen LogP contribution in [0, 0.1) is 0 Å². The Hall–Kier alpha value is -1.30. The molecule has 6 heteroatoms. The molecule has 20 heavy (non-hydrogen) atoms. The van der Waals surface area contributed by atoms with Crippen molar-refractivity contribution in [1.29, 1.82) is 0 Å². The topological polar surface area (TPSA) is 81.7 Å². The second-order valence-corrected chi connectivity index (χ2v) is 5.51. The van der Waals surface area contributed by atoms with E-state index in [4.69, 9.17) is 5.11 Å². The van der Waals surface area contributed by atoms with Gasteiger partial charge in [-0.3, -0.25) is 4.79 Å². The summed E-state index contributed by atoms with van der Waals surface area (Å²) in [4.78, 5) is 24.3. The fraction of sp³-hybridized carbons (Fsp3) is 0.857. The number of nitrogens with zero attached hydrogens (tertiary/aromatic N) is 1. The third kappa shape index (κ3) is 7.99. The largest absolute Gasteiger partial charge is 0.481 e. The summed E-state index contributed by atoms with van der Waals surface area (Å²) in [6.07, 6.45) is 5.05. The van der Waals surface area contributed by atoms with Crippen LogP contribution in [-0.2, 0) is 4.79 Å². The Morgan fingerprint density at radius 3 is 2.55 bits per heavy atom. The average Bonchev–Trinajstić information content (AvgIpc) is 2.85. The molecule has 1 unspecified atom stereocenters. The molecule has 1 fully saturated rings. The van der Waals surface area contributed by atoms with Gasteiger partial charge in [0.15, 0.2) is 0 Å². The smallest absolute Gasteiger partial charge is 0.315 e. The van der Waals surface area contributed by atoms with E-state index in [9.17, 15) is 9.59 Å². The van der Waals surface area contributed by atoms with E-state index in [-0.39, 0.29) is 18.5 Å². The molecule has 0 aromatic rings. The van der Waals surface area contributed by atoms with E-state index in [1.807, 2.05) is 6.92 Å². The number of hydrogen-bond acceptors (Lipinski definition) is 3. The molecule has 0 radical (unpaired) electrons. The average molecular weight is 285 g/mol. The monoisotopic (exact) mass is 285 g/mol. The molecule has 0 aromatic heterocycles. The lowest BCUT2D eigenvalue weighted by atomic mass is 10.2. The highest BCUT2D eigenvalue weighted by molar-refractivity contribution is 5.74. The van der Waals surface area contributed by atoms with Gasteiger partial charge in [-0.15, -0.1) is 0 Å². The van der Waals surface area contributed by atoms with Crippen LogP contribution < -0.4 is 10.6 Å². The first kappa shape index (κ1) is 16.8. The van der Waals surface area contributed by atoms with Crippen LogP contribution in [0.4, 0.5) is 4.79 Å². The van der Waals surface area contributed by atoms with Crippen LogP contribution in [0.1, 0.15) is 45.4 Å². The maximum Gasteiger partial charge on any atom is 0.315 e. The van der Waals surface area contributed by atoms with E-state index in [0.29, 0.717) is 13.0 Å². The molecule has 2 amide bonds. The van der Waals surface area contributed by atoms with Crippen molar-refractivity contribution in [3.8, 4) is 0 Å². The third-order valence-corrected chi connectivity index (χ3v) is 3.46. The van der Waals surface area contributed by atoms with Crippen LogP contribution in [-0.4, -0.2) is 54.2 Å². The number of carbonyl (C=O) groups is 2. The quantitative estimate of drug-likeness (QED) is 0.560. The lowest BCUT2D eigenvalue weighted by molar-refractivity contribution is -0.137. The molecule has 6 nitrogen and oxygen atoms in total. The van der Waals surface area contributed by atoms with Gasteiger partial charge in [-0.2, -0.15) is 0 Å². The van der Waals surface area contributed by atoms with Crippen LogP contribution in [0.25, 0.3) is 0 Å². The van der Waals surface area contributed by atoms with E-state index in [2.05, 4.69) is 15.5 Å². The molecule has 1 aliphatic heterocycles. The van der Waals surface area contributed by atoms with Crippen LogP contribution >= 0.6 is 0 Å². The standard InChI is InChI=1S/C14H27N3O3/c1-12(11-17-9-5-6-10-17)16-14(20)15-8-4-2-3-7-13(18)19/h12H,2-11H2,1H3,(H,18,19)(H2,15,16,20). The summed E-state index contributed by atoms with van der Waals surface area (Å²) < 4.78 is 0. The van der Waals surface area contributed by atoms with Crippen molar-refractivity contribution >= 4 is 12.0 Å². The first-order valence-electron chi connectivity index (χ1n) is 7.56. The van der Waals surface area contributed by atoms with E-state index in [0.717, 1.165) is 32.5 Å². The van der Waals surface area contributed by atoms with E-state index >= 15 is 0 Å². The van der Waals surface area contributed by atoms with Crippen molar-refractivity contribution in [3.05, 3.63) is 0 Å². The van der Waals surface area contributed by atoms with Crippen LogP contribution in [0.2, 0.25) is 0 Å². The molecular formula is C14H27N3O3. The van der Waals surface area contributed by atoms with Gasteiger partial charge in [0.05, 0.1) is 0 Å². The van der Waals surface area contributed by atoms with Crippen molar-refractivity contribution in [2.24, 2.45) is 0 Å². The normalized spacial score (nSPS) is 16.9. The van der Waals surface area contributed by atoms with Gasteiger partial charge in [0.2, 0.25) is 0 Å². The molecule has 1 atom stereocenters. The van der Waals surface area contributed by atoms with Gasteiger partial charge in [-0.05, 0) is 45.7 Å². The molecule has 116 valence electrons. The van der Waals surface area contributed by atoms with Crippen molar-refractivity contribution in [1.82, 2.24) is 15.5 Å². The minimum absolute atomic E-state index is 0.130. The lowest BCUT2D eigenvalue weighted by Crippen LogP contribution is -2.45. The summed E-state index contributed by atoms with van der Waals surface area (Å²) in [6, 6.07) is 0.0232. The maximum atomic E-state index is 11.6. The van der Waals surface area contributed by atoms with Crippen molar-refractivity contribution in [2.45, 2.75) is 51.5 Å². The molecule has 0 aliphatic carbocycles. The molecule has 0 spiro atoms. The first-order chi connectivity index (χ1) is 9.58. The van der Waals surface area contributed by atoms with E-state index in [1.165, 1.54) is 12.8 Å². The van der Waals surface area contributed by atoms with E-state index < -0.39 is 5.97 Å². The molecule has 3 N–H and O–H groups in total. The molecule has 0 aromatic carbocycles. The molecule has 1 saturated heterocycles. The third-order valence-electron chi connectivity index (χ3n) is 3.46. The van der Waals surface area contributed by atoms with Crippen molar-refractivity contribution < 1.29 is 14.7 Å². The minimum Gasteiger partial charge on any atom is -0.481 e. The van der Waals surface area contributed by atoms with Crippen LogP contribution in [0.3, 0.4) is 0 Å². The number of unbranched alkanes of at least 4 members (excludes halogenated alkanes) is 2. The zero-order valence-electron chi connectivity index (χ0n) is 12.4. The van der Waals surface area contributed by atoms with Gasteiger partial charge in [0.25, 0.3) is 0 Å². The highest BCUT2D eigenvalue weighted by Crippen LogP contribution is 2.07. The number of carboxylic acid groups (broad SMARTS) is 1. The number of likely N-dealkylation sites (tertiary alicyclic amines) is 1.